The molecule has 0 N–H and O–H groups in total. The van der Waals surface area contributed by atoms with Gasteiger partial charge in [0.15, 0.2) is 0 Å². The highest BCUT2D eigenvalue weighted by Gasteiger charge is 2.24. The van der Waals surface area contributed by atoms with Gasteiger partial charge in [-0.25, -0.2) is 4.39 Å². The molecular formula is C21H24FNO2. The summed E-state index contributed by atoms with van der Waals surface area (Å²) in [4.78, 5) is 14.6. The van der Waals surface area contributed by atoms with Crippen LogP contribution < -0.4 is 4.74 Å². The van der Waals surface area contributed by atoms with Gasteiger partial charge in [0.2, 0.25) is 0 Å². The van der Waals surface area contributed by atoms with Gasteiger partial charge >= 0.3 is 0 Å². The Morgan fingerprint density at radius 3 is 2.32 bits per heavy atom. The maximum absolute atomic E-state index is 13.0. The molecule has 0 saturated carbocycles. The van der Waals surface area contributed by atoms with E-state index in [-0.39, 0.29) is 11.7 Å². The number of ether oxygens (including phenoxy) is 1. The number of likely N-dealkylation sites (tertiary alicyclic amines) is 1. The predicted octanol–water partition coefficient (Wildman–Crippen LogP) is 4.63. The molecule has 25 heavy (non-hydrogen) atoms. The number of piperidine rings is 1. The van der Waals surface area contributed by atoms with E-state index in [9.17, 15) is 9.18 Å². The van der Waals surface area contributed by atoms with Gasteiger partial charge < -0.3 is 9.64 Å². The molecular weight excluding hydrogens is 317 g/mol. The van der Waals surface area contributed by atoms with Gasteiger partial charge in [0.25, 0.3) is 5.91 Å². The van der Waals surface area contributed by atoms with Crippen molar-refractivity contribution < 1.29 is 13.9 Å². The number of carbonyl (C=O) groups excluding carboxylic acids is 1. The Hall–Kier alpha value is -2.36. The zero-order valence-electron chi connectivity index (χ0n) is 14.6. The first kappa shape index (κ1) is 17.5. The monoisotopic (exact) mass is 341 g/mol. The fraction of sp³-hybridized carbons (Fsp3) is 0.381. The standard InChI is InChI=1S/C21H24FNO2/c1-2-15-25-20-9-5-18(6-10-20)21(24)23-13-11-17(12-14-23)16-3-7-19(22)8-4-16/h3-10,17H,2,11-15H2,1H3. The highest BCUT2D eigenvalue weighted by molar-refractivity contribution is 5.94. The zero-order chi connectivity index (χ0) is 17.6. The molecule has 3 nitrogen and oxygen atoms in total. The molecule has 4 heteroatoms. The van der Waals surface area contributed by atoms with Crippen molar-refractivity contribution in [3.63, 3.8) is 0 Å². The summed E-state index contributed by atoms with van der Waals surface area (Å²) in [6, 6.07) is 14.1. The molecule has 3 rings (SSSR count). The van der Waals surface area contributed by atoms with Crippen molar-refractivity contribution in [2.75, 3.05) is 19.7 Å². The van der Waals surface area contributed by atoms with Gasteiger partial charge in [0, 0.05) is 18.7 Å². The molecule has 1 aliphatic rings. The van der Waals surface area contributed by atoms with Crippen LogP contribution in [0.1, 0.15) is 48.0 Å². The van der Waals surface area contributed by atoms with E-state index in [2.05, 4.69) is 6.92 Å². The second kappa shape index (κ2) is 8.15. The lowest BCUT2D eigenvalue weighted by Gasteiger charge is -2.32. The van der Waals surface area contributed by atoms with Crippen LogP contribution in [0.25, 0.3) is 0 Å². The Bertz CT molecular complexity index is 689. The Balaban J connectivity index is 1.56. The van der Waals surface area contributed by atoms with Crippen molar-refractivity contribution in [2.24, 2.45) is 0 Å². The summed E-state index contributed by atoms with van der Waals surface area (Å²) in [5.41, 5.74) is 1.86. The van der Waals surface area contributed by atoms with Crippen molar-refractivity contribution in [1.29, 1.82) is 0 Å². The van der Waals surface area contributed by atoms with E-state index in [1.54, 1.807) is 0 Å². The van der Waals surface area contributed by atoms with Crippen LogP contribution in [0.5, 0.6) is 5.75 Å². The predicted molar refractivity (Wildman–Crippen MR) is 96.5 cm³/mol. The summed E-state index contributed by atoms with van der Waals surface area (Å²) in [6.45, 7) is 4.21. The van der Waals surface area contributed by atoms with Crippen molar-refractivity contribution in [3.8, 4) is 5.75 Å². The third-order valence-corrected chi connectivity index (χ3v) is 4.70. The average Bonchev–Trinajstić information content (AvgIpc) is 2.67. The van der Waals surface area contributed by atoms with Crippen molar-refractivity contribution in [1.82, 2.24) is 4.90 Å². The number of rotatable bonds is 5. The van der Waals surface area contributed by atoms with Gasteiger partial charge in [-0.05, 0) is 67.1 Å². The molecule has 0 spiro atoms. The Kier molecular flexibility index (Phi) is 5.69. The molecule has 2 aromatic rings. The molecule has 1 aliphatic heterocycles. The fourth-order valence-corrected chi connectivity index (χ4v) is 3.25. The molecule has 0 atom stereocenters. The van der Waals surface area contributed by atoms with Gasteiger partial charge in [0.1, 0.15) is 11.6 Å². The van der Waals surface area contributed by atoms with E-state index in [0.29, 0.717) is 18.1 Å². The van der Waals surface area contributed by atoms with Crippen LogP contribution in [-0.2, 0) is 0 Å². The van der Waals surface area contributed by atoms with E-state index in [1.165, 1.54) is 12.1 Å². The number of hydrogen-bond acceptors (Lipinski definition) is 2. The summed E-state index contributed by atoms with van der Waals surface area (Å²) >= 11 is 0. The Morgan fingerprint density at radius 1 is 1.08 bits per heavy atom. The molecule has 2 aromatic carbocycles. The summed E-state index contributed by atoms with van der Waals surface area (Å²) in [5, 5.41) is 0. The third kappa shape index (κ3) is 4.38. The van der Waals surface area contributed by atoms with E-state index in [0.717, 1.165) is 43.7 Å². The molecule has 0 aliphatic carbocycles. The largest absolute Gasteiger partial charge is 0.494 e. The normalized spacial score (nSPS) is 15.2. The van der Waals surface area contributed by atoms with E-state index >= 15 is 0 Å². The highest BCUT2D eigenvalue weighted by atomic mass is 19.1. The van der Waals surface area contributed by atoms with Crippen LogP contribution in [0, 0.1) is 5.82 Å². The number of amides is 1. The third-order valence-electron chi connectivity index (χ3n) is 4.70. The van der Waals surface area contributed by atoms with Crippen LogP contribution in [0.4, 0.5) is 4.39 Å². The minimum Gasteiger partial charge on any atom is -0.494 e. The zero-order valence-corrected chi connectivity index (χ0v) is 14.6. The van der Waals surface area contributed by atoms with Crippen molar-refractivity contribution in [3.05, 3.63) is 65.5 Å². The topological polar surface area (TPSA) is 29.5 Å². The summed E-state index contributed by atoms with van der Waals surface area (Å²) < 4.78 is 18.6. The molecule has 0 radical (unpaired) electrons. The molecule has 132 valence electrons. The second-order valence-electron chi connectivity index (χ2n) is 6.49. The number of halogens is 1. The minimum atomic E-state index is -0.206. The first-order valence-corrected chi connectivity index (χ1v) is 8.95. The highest BCUT2D eigenvalue weighted by Crippen LogP contribution is 2.29. The maximum Gasteiger partial charge on any atom is 0.253 e. The molecule has 0 aromatic heterocycles. The van der Waals surface area contributed by atoms with E-state index in [1.807, 2.05) is 41.3 Å². The number of carbonyl (C=O) groups is 1. The first-order chi connectivity index (χ1) is 12.2. The number of hydrogen-bond donors (Lipinski definition) is 0. The maximum atomic E-state index is 13.0. The van der Waals surface area contributed by atoms with Crippen molar-refractivity contribution >= 4 is 5.91 Å². The molecule has 1 amide bonds. The molecule has 0 unspecified atom stereocenters. The number of nitrogens with zero attached hydrogens (tertiary/aromatic N) is 1. The SMILES string of the molecule is CCCOc1ccc(C(=O)N2CCC(c3ccc(F)cc3)CC2)cc1. The average molecular weight is 341 g/mol. The summed E-state index contributed by atoms with van der Waals surface area (Å²) in [7, 11) is 0. The summed E-state index contributed by atoms with van der Waals surface area (Å²) in [5.74, 6) is 1.06. The van der Waals surface area contributed by atoms with Crippen LogP contribution in [0.15, 0.2) is 48.5 Å². The van der Waals surface area contributed by atoms with Crippen LogP contribution in [-0.4, -0.2) is 30.5 Å². The molecule has 0 bridgehead atoms. The van der Waals surface area contributed by atoms with Gasteiger partial charge in [-0.1, -0.05) is 19.1 Å². The van der Waals surface area contributed by atoms with Crippen LogP contribution in [0.3, 0.4) is 0 Å². The van der Waals surface area contributed by atoms with E-state index in [4.69, 9.17) is 4.74 Å². The smallest absolute Gasteiger partial charge is 0.253 e. The van der Waals surface area contributed by atoms with Crippen LogP contribution >= 0.6 is 0 Å². The quantitative estimate of drug-likeness (QED) is 0.793. The van der Waals surface area contributed by atoms with Crippen molar-refractivity contribution in [2.45, 2.75) is 32.1 Å². The Labute approximate surface area is 148 Å². The lowest BCUT2D eigenvalue weighted by atomic mass is 9.89. The van der Waals surface area contributed by atoms with Gasteiger partial charge in [0.05, 0.1) is 6.61 Å². The second-order valence-corrected chi connectivity index (χ2v) is 6.49. The summed E-state index contributed by atoms with van der Waals surface area (Å²) in [6.07, 6.45) is 2.79. The van der Waals surface area contributed by atoms with Gasteiger partial charge in [-0.15, -0.1) is 0 Å². The van der Waals surface area contributed by atoms with Crippen LogP contribution in [0.2, 0.25) is 0 Å². The van der Waals surface area contributed by atoms with E-state index < -0.39 is 0 Å². The molecule has 1 fully saturated rings. The van der Waals surface area contributed by atoms with Gasteiger partial charge in [-0.3, -0.25) is 4.79 Å². The molecule has 1 saturated heterocycles. The number of benzene rings is 2. The minimum absolute atomic E-state index is 0.0691. The first-order valence-electron chi connectivity index (χ1n) is 8.95. The Morgan fingerprint density at radius 2 is 1.72 bits per heavy atom. The lowest BCUT2D eigenvalue weighted by molar-refractivity contribution is 0.0713. The molecule has 1 heterocycles. The fourth-order valence-electron chi connectivity index (χ4n) is 3.25. The lowest BCUT2D eigenvalue weighted by Crippen LogP contribution is -2.37. The van der Waals surface area contributed by atoms with Gasteiger partial charge in [-0.2, -0.15) is 0 Å².